The van der Waals surface area contributed by atoms with Crippen LogP contribution < -0.4 is 0 Å². The Hall–Kier alpha value is -1.11. The monoisotopic (exact) mass is 285 g/mol. The van der Waals surface area contributed by atoms with Crippen LogP contribution in [0.1, 0.15) is 0 Å². The highest BCUT2D eigenvalue weighted by atomic mass is 32.2. The minimum Gasteiger partial charge on any atom is -0.480 e. The lowest BCUT2D eigenvalue weighted by atomic mass is 10.2. The summed E-state index contributed by atoms with van der Waals surface area (Å²) in [6.07, 6.45) is 0. The van der Waals surface area contributed by atoms with Crippen LogP contribution in [0.15, 0.2) is 29.2 Å². The maximum atomic E-state index is 13.4. The summed E-state index contributed by atoms with van der Waals surface area (Å²) in [4.78, 5) is 13.5. The van der Waals surface area contributed by atoms with Crippen LogP contribution in [0.25, 0.3) is 0 Å². The van der Waals surface area contributed by atoms with E-state index in [1.165, 1.54) is 17.8 Å². The van der Waals surface area contributed by atoms with E-state index in [2.05, 4.69) is 0 Å². The third-order valence-electron chi connectivity index (χ3n) is 3.00. The molecular weight excluding hydrogens is 269 g/mol. The van der Waals surface area contributed by atoms with Crippen LogP contribution in [-0.4, -0.2) is 54.1 Å². The number of hydrogen-bond acceptors (Lipinski definition) is 4. The first-order valence-corrected chi connectivity index (χ1v) is 7.09. The second kappa shape index (κ2) is 6.88. The number of carboxylic acids is 1. The first kappa shape index (κ1) is 14.3. The van der Waals surface area contributed by atoms with Crippen molar-refractivity contribution in [1.82, 2.24) is 4.90 Å². The first-order chi connectivity index (χ1) is 9.18. The molecule has 1 aromatic rings. The van der Waals surface area contributed by atoms with Gasteiger partial charge < -0.3 is 9.84 Å². The molecule has 0 saturated carbocycles. The van der Waals surface area contributed by atoms with Gasteiger partial charge in [0.05, 0.1) is 13.2 Å². The average Bonchev–Trinajstić information content (AvgIpc) is 2.41. The highest BCUT2D eigenvalue weighted by Gasteiger charge is 2.28. The van der Waals surface area contributed by atoms with Gasteiger partial charge in [-0.15, -0.1) is 11.8 Å². The van der Waals surface area contributed by atoms with Crippen LogP contribution in [0.2, 0.25) is 0 Å². The van der Waals surface area contributed by atoms with E-state index < -0.39 is 12.0 Å². The molecule has 19 heavy (non-hydrogen) atoms. The van der Waals surface area contributed by atoms with Gasteiger partial charge in [0.15, 0.2) is 0 Å². The zero-order chi connectivity index (χ0) is 13.7. The third-order valence-corrected chi connectivity index (χ3v) is 4.03. The van der Waals surface area contributed by atoms with Gasteiger partial charge in [-0.3, -0.25) is 9.69 Å². The Labute approximate surface area is 115 Å². The van der Waals surface area contributed by atoms with Crippen molar-refractivity contribution in [3.05, 3.63) is 30.1 Å². The Kier molecular flexibility index (Phi) is 5.18. The molecule has 0 aliphatic carbocycles. The molecule has 0 radical (unpaired) electrons. The summed E-state index contributed by atoms with van der Waals surface area (Å²) < 4.78 is 18.6. The summed E-state index contributed by atoms with van der Waals surface area (Å²) in [5.74, 6) is -0.440. The molecule has 0 spiro atoms. The van der Waals surface area contributed by atoms with Crippen LogP contribution >= 0.6 is 11.8 Å². The Balaban J connectivity index is 1.84. The summed E-state index contributed by atoms with van der Waals surface area (Å²) >= 11 is 1.40. The molecular formula is C13H16FNO3S. The molecule has 0 amide bonds. The van der Waals surface area contributed by atoms with Crippen LogP contribution in [0.5, 0.6) is 0 Å². The van der Waals surface area contributed by atoms with Crippen molar-refractivity contribution in [2.45, 2.75) is 10.9 Å². The van der Waals surface area contributed by atoms with E-state index >= 15 is 0 Å². The molecule has 0 aromatic heterocycles. The summed E-state index contributed by atoms with van der Waals surface area (Å²) in [7, 11) is 0. The second-order valence-electron chi connectivity index (χ2n) is 4.24. The molecule has 4 nitrogen and oxygen atoms in total. The number of nitrogens with zero attached hydrogens (tertiary/aromatic N) is 1. The molecule has 1 aromatic carbocycles. The SMILES string of the molecule is O=C(O)C1COCCN1CCSc1ccccc1F. The number of benzene rings is 1. The van der Waals surface area contributed by atoms with Gasteiger partial charge in [0.2, 0.25) is 0 Å². The van der Waals surface area contributed by atoms with Gasteiger partial charge in [0.1, 0.15) is 11.9 Å². The average molecular weight is 285 g/mol. The molecule has 1 saturated heterocycles. The van der Waals surface area contributed by atoms with E-state index in [9.17, 15) is 9.18 Å². The predicted molar refractivity (Wildman–Crippen MR) is 70.9 cm³/mol. The fraction of sp³-hybridized carbons (Fsp3) is 0.462. The molecule has 1 aliphatic rings. The van der Waals surface area contributed by atoms with Crippen molar-refractivity contribution in [1.29, 1.82) is 0 Å². The Morgan fingerprint density at radius 2 is 2.32 bits per heavy atom. The number of morpholine rings is 1. The lowest BCUT2D eigenvalue weighted by Gasteiger charge is -2.32. The van der Waals surface area contributed by atoms with Crippen LogP contribution in [0.3, 0.4) is 0 Å². The van der Waals surface area contributed by atoms with Crippen LogP contribution in [-0.2, 0) is 9.53 Å². The van der Waals surface area contributed by atoms with E-state index in [0.29, 0.717) is 30.3 Å². The first-order valence-electron chi connectivity index (χ1n) is 6.10. The number of hydrogen-bond donors (Lipinski definition) is 1. The maximum Gasteiger partial charge on any atom is 0.323 e. The summed E-state index contributed by atoms with van der Waals surface area (Å²) in [5.41, 5.74) is 0. The van der Waals surface area contributed by atoms with E-state index in [0.717, 1.165) is 0 Å². The van der Waals surface area contributed by atoms with Crippen LogP contribution in [0, 0.1) is 5.82 Å². The van der Waals surface area contributed by atoms with Crippen LogP contribution in [0.4, 0.5) is 4.39 Å². The Bertz CT molecular complexity index is 444. The molecule has 104 valence electrons. The predicted octanol–water partition coefficient (Wildman–Crippen LogP) is 1.70. The zero-order valence-corrected chi connectivity index (χ0v) is 11.2. The molecule has 1 unspecified atom stereocenters. The third kappa shape index (κ3) is 3.92. The molecule has 6 heteroatoms. The normalized spacial score (nSPS) is 20.4. The highest BCUT2D eigenvalue weighted by molar-refractivity contribution is 7.99. The quantitative estimate of drug-likeness (QED) is 0.835. The standard InChI is InChI=1S/C13H16FNO3S/c14-10-3-1-2-4-12(10)19-8-6-15-5-7-18-9-11(15)13(16)17/h1-4,11H,5-9H2,(H,16,17). The zero-order valence-electron chi connectivity index (χ0n) is 10.4. The van der Waals surface area contributed by atoms with E-state index in [1.54, 1.807) is 18.2 Å². The van der Waals surface area contributed by atoms with Gasteiger partial charge in [0, 0.05) is 23.7 Å². The fourth-order valence-electron chi connectivity index (χ4n) is 1.97. The lowest BCUT2D eigenvalue weighted by Crippen LogP contribution is -2.50. The topological polar surface area (TPSA) is 49.8 Å². The van der Waals surface area contributed by atoms with Gasteiger partial charge in [-0.2, -0.15) is 0 Å². The van der Waals surface area contributed by atoms with Crippen molar-refractivity contribution in [3.8, 4) is 0 Å². The van der Waals surface area contributed by atoms with Gasteiger partial charge in [0.25, 0.3) is 0 Å². The minimum atomic E-state index is -0.865. The van der Waals surface area contributed by atoms with Crippen molar-refractivity contribution in [3.63, 3.8) is 0 Å². The van der Waals surface area contributed by atoms with Gasteiger partial charge in [-0.25, -0.2) is 4.39 Å². The smallest absolute Gasteiger partial charge is 0.323 e. The minimum absolute atomic E-state index is 0.222. The highest BCUT2D eigenvalue weighted by Crippen LogP contribution is 2.21. The van der Waals surface area contributed by atoms with E-state index in [-0.39, 0.29) is 12.4 Å². The number of ether oxygens (including phenoxy) is 1. The van der Waals surface area contributed by atoms with Crippen molar-refractivity contribution in [2.75, 3.05) is 32.1 Å². The number of thioether (sulfide) groups is 1. The molecule has 1 N–H and O–H groups in total. The summed E-state index contributed by atoms with van der Waals surface area (Å²) in [6, 6.07) is 6.02. The number of aliphatic carboxylic acids is 1. The molecule has 1 heterocycles. The molecule has 1 atom stereocenters. The molecule has 1 fully saturated rings. The van der Waals surface area contributed by atoms with E-state index in [4.69, 9.17) is 9.84 Å². The maximum absolute atomic E-state index is 13.4. The largest absolute Gasteiger partial charge is 0.480 e. The number of carboxylic acid groups (broad SMARTS) is 1. The molecule has 0 bridgehead atoms. The van der Waals surface area contributed by atoms with E-state index in [1.807, 2.05) is 4.90 Å². The lowest BCUT2D eigenvalue weighted by molar-refractivity contribution is -0.149. The Morgan fingerprint density at radius 3 is 3.05 bits per heavy atom. The Morgan fingerprint density at radius 1 is 1.53 bits per heavy atom. The molecule has 1 aliphatic heterocycles. The summed E-state index contributed by atoms with van der Waals surface area (Å²) in [5, 5.41) is 9.08. The second-order valence-corrected chi connectivity index (χ2v) is 5.38. The van der Waals surface area contributed by atoms with Crippen molar-refractivity contribution in [2.24, 2.45) is 0 Å². The number of carbonyl (C=O) groups is 1. The fourth-order valence-corrected chi connectivity index (χ4v) is 2.89. The van der Waals surface area contributed by atoms with Gasteiger partial charge in [-0.05, 0) is 12.1 Å². The van der Waals surface area contributed by atoms with Crippen molar-refractivity contribution >= 4 is 17.7 Å². The molecule has 2 rings (SSSR count). The van der Waals surface area contributed by atoms with Gasteiger partial charge in [-0.1, -0.05) is 12.1 Å². The number of rotatable bonds is 5. The van der Waals surface area contributed by atoms with Gasteiger partial charge >= 0.3 is 5.97 Å². The van der Waals surface area contributed by atoms with Crippen molar-refractivity contribution < 1.29 is 19.0 Å². The summed E-state index contributed by atoms with van der Waals surface area (Å²) in [6.45, 7) is 1.99. The number of halogens is 1.